The molecule has 0 saturated carbocycles. The Morgan fingerprint density at radius 1 is 1.47 bits per heavy atom. The zero-order valence-electron chi connectivity index (χ0n) is 9.73. The second-order valence-corrected chi connectivity index (χ2v) is 4.22. The van der Waals surface area contributed by atoms with Crippen LogP contribution in [0.1, 0.15) is 6.92 Å². The van der Waals surface area contributed by atoms with Crippen LogP contribution in [0.3, 0.4) is 0 Å². The summed E-state index contributed by atoms with van der Waals surface area (Å²) in [5.41, 5.74) is 0. The summed E-state index contributed by atoms with van der Waals surface area (Å²) in [5.74, 6) is 3.52. The van der Waals surface area contributed by atoms with Gasteiger partial charge in [-0.2, -0.15) is 0 Å². The molecule has 0 fully saturated rings. The highest BCUT2D eigenvalue weighted by Crippen LogP contribution is 2.21. The Kier molecular flexibility index (Phi) is 6.05. The van der Waals surface area contributed by atoms with E-state index in [-0.39, 0.29) is 12.5 Å². The van der Waals surface area contributed by atoms with E-state index in [1.165, 1.54) is 11.8 Å². The van der Waals surface area contributed by atoms with Gasteiger partial charge in [0.15, 0.2) is 0 Å². The van der Waals surface area contributed by atoms with Crippen molar-refractivity contribution in [1.29, 1.82) is 0 Å². The summed E-state index contributed by atoms with van der Waals surface area (Å²) in [7, 11) is 0. The molecule has 1 rings (SSSR count). The second kappa shape index (κ2) is 7.64. The van der Waals surface area contributed by atoms with E-state index < -0.39 is 0 Å². The summed E-state index contributed by atoms with van der Waals surface area (Å²) in [6.45, 7) is 2.88. The summed E-state index contributed by atoms with van der Waals surface area (Å²) in [5, 5.41) is 2.61. The van der Waals surface area contributed by atoms with E-state index >= 15 is 0 Å². The summed E-state index contributed by atoms with van der Waals surface area (Å²) in [4.78, 5) is 12.3. The first kappa shape index (κ1) is 13.5. The van der Waals surface area contributed by atoms with Crippen molar-refractivity contribution in [2.45, 2.75) is 11.8 Å². The molecule has 0 atom stereocenters. The molecular weight excluding hydrogens is 234 g/mol. The zero-order valence-corrected chi connectivity index (χ0v) is 10.5. The van der Waals surface area contributed by atoms with Crippen LogP contribution < -0.4 is 10.1 Å². The van der Waals surface area contributed by atoms with E-state index in [1.54, 1.807) is 0 Å². The number of hydrogen-bond donors (Lipinski definition) is 1. The van der Waals surface area contributed by atoms with Gasteiger partial charge in [0.05, 0.1) is 18.9 Å². The van der Waals surface area contributed by atoms with Crippen LogP contribution in [-0.4, -0.2) is 24.8 Å². The molecule has 4 heteroatoms. The molecule has 0 radical (unpaired) electrons. The van der Waals surface area contributed by atoms with Gasteiger partial charge >= 0.3 is 0 Å². The fourth-order valence-electron chi connectivity index (χ4n) is 1.15. The van der Waals surface area contributed by atoms with Crippen molar-refractivity contribution in [3.8, 4) is 18.1 Å². The minimum Gasteiger partial charge on any atom is -0.494 e. The molecule has 90 valence electrons. The number of rotatable bonds is 6. The molecule has 0 spiro atoms. The zero-order chi connectivity index (χ0) is 12.5. The Morgan fingerprint density at radius 2 is 2.18 bits per heavy atom. The van der Waals surface area contributed by atoms with E-state index in [0.717, 1.165) is 10.6 Å². The maximum atomic E-state index is 11.3. The lowest BCUT2D eigenvalue weighted by Gasteiger charge is -2.04. The number of ether oxygens (including phenoxy) is 1. The Hall–Kier alpha value is -1.60. The van der Waals surface area contributed by atoms with Crippen LogP contribution >= 0.6 is 11.8 Å². The molecule has 0 heterocycles. The molecule has 0 saturated heterocycles. The highest BCUT2D eigenvalue weighted by atomic mass is 32.2. The normalized spacial score (nSPS) is 9.41. The van der Waals surface area contributed by atoms with Crippen LogP contribution in [0.2, 0.25) is 0 Å². The Bertz CT molecular complexity index is 395. The number of nitrogens with one attached hydrogen (secondary N) is 1. The molecule has 0 aliphatic heterocycles. The van der Waals surface area contributed by atoms with Crippen molar-refractivity contribution in [2.75, 3.05) is 18.9 Å². The Balaban J connectivity index is 2.37. The van der Waals surface area contributed by atoms with Gasteiger partial charge in [0.2, 0.25) is 5.91 Å². The molecule has 0 aromatic heterocycles. The molecule has 1 amide bonds. The molecule has 0 unspecified atom stereocenters. The lowest BCUT2D eigenvalue weighted by Crippen LogP contribution is -2.25. The summed E-state index contributed by atoms with van der Waals surface area (Å²) >= 11 is 1.47. The molecule has 17 heavy (non-hydrogen) atoms. The predicted octanol–water partition coefficient (Wildman–Crippen LogP) is 1.93. The average molecular weight is 249 g/mol. The number of terminal acetylenes is 1. The van der Waals surface area contributed by atoms with Gasteiger partial charge in [0.25, 0.3) is 0 Å². The number of carbonyl (C=O) groups excluding carboxylic acids is 1. The standard InChI is InChI=1S/C13H15NO2S/c1-3-9-14-13(15)10-17-12-7-5-11(6-8-12)16-4-2/h1,5-8H,4,9-10H2,2H3,(H,14,15). The average Bonchev–Trinajstić information content (AvgIpc) is 2.36. The van der Waals surface area contributed by atoms with Gasteiger partial charge in [0.1, 0.15) is 5.75 Å². The number of benzene rings is 1. The van der Waals surface area contributed by atoms with Gasteiger partial charge < -0.3 is 10.1 Å². The van der Waals surface area contributed by atoms with Crippen molar-refractivity contribution in [3.05, 3.63) is 24.3 Å². The monoisotopic (exact) mass is 249 g/mol. The lowest BCUT2D eigenvalue weighted by molar-refractivity contribution is -0.118. The summed E-state index contributed by atoms with van der Waals surface area (Å²) in [6.07, 6.45) is 5.04. The van der Waals surface area contributed by atoms with Gasteiger partial charge in [-0.3, -0.25) is 4.79 Å². The highest BCUT2D eigenvalue weighted by Gasteiger charge is 2.01. The molecule has 3 nitrogen and oxygen atoms in total. The first-order valence-electron chi connectivity index (χ1n) is 5.32. The van der Waals surface area contributed by atoms with Crippen molar-refractivity contribution in [3.63, 3.8) is 0 Å². The third-order valence-electron chi connectivity index (χ3n) is 1.89. The van der Waals surface area contributed by atoms with Gasteiger partial charge in [-0.05, 0) is 31.2 Å². The molecule has 0 aliphatic carbocycles. The van der Waals surface area contributed by atoms with Crippen LogP contribution in [0.25, 0.3) is 0 Å². The minimum atomic E-state index is -0.0539. The lowest BCUT2D eigenvalue weighted by atomic mass is 10.3. The number of carbonyl (C=O) groups is 1. The topological polar surface area (TPSA) is 38.3 Å². The van der Waals surface area contributed by atoms with Crippen molar-refractivity contribution < 1.29 is 9.53 Å². The molecule has 1 aromatic rings. The summed E-state index contributed by atoms with van der Waals surface area (Å²) in [6, 6.07) is 7.66. The van der Waals surface area contributed by atoms with Crippen molar-refractivity contribution >= 4 is 17.7 Å². The van der Waals surface area contributed by atoms with Crippen LogP contribution in [0.4, 0.5) is 0 Å². The van der Waals surface area contributed by atoms with Crippen LogP contribution in [0.15, 0.2) is 29.2 Å². The van der Waals surface area contributed by atoms with E-state index in [4.69, 9.17) is 11.2 Å². The molecule has 0 bridgehead atoms. The van der Waals surface area contributed by atoms with Gasteiger partial charge in [-0.15, -0.1) is 18.2 Å². The maximum absolute atomic E-state index is 11.3. The number of amides is 1. The summed E-state index contributed by atoms with van der Waals surface area (Å²) < 4.78 is 5.33. The van der Waals surface area contributed by atoms with E-state index in [0.29, 0.717) is 12.4 Å². The third-order valence-corrected chi connectivity index (χ3v) is 2.90. The fraction of sp³-hybridized carbons (Fsp3) is 0.308. The largest absolute Gasteiger partial charge is 0.494 e. The van der Waals surface area contributed by atoms with E-state index in [1.807, 2.05) is 31.2 Å². The molecular formula is C13H15NO2S. The van der Waals surface area contributed by atoms with Crippen molar-refractivity contribution in [2.24, 2.45) is 0 Å². The second-order valence-electron chi connectivity index (χ2n) is 3.17. The molecule has 1 aromatic carbocycles. The van der Waals surface area contributed by atoms with Crippen LogP contribution in [0, 0.1) is 12.3 Å². The molecule has 1 N–H and O–H groups in total. The van der Waals surface area contributed by atoms with E-state index in [2.05, 4.69) is 11.2 Å². The maximum Gasteiger partial charge on any atom is 0.231 e. The predicted molar refractivity (Wildman–Crippen MR) is 70.2 cm³/mol. The van der Waals surface area contributed by atoms with Crippen molar-refractivity contribution in [1.82, 2.24) is 5.32 Å². The van der Waals surface area contributed by atoms with Gasteiger partial charge in [0, 0.05) is 4.90 Å². The minimum absolute atomic E-state index is 0.0539. The quantitative estimate of drug-likeness (QED) is 0.618. The SMILES string of the molecule is C#CCNC(=O)CSc1ccc(OCC)cc1. The first-order valence-corrected chi connectivity index (χ1v) is 6.30. The smallest absolute Gasteiger partial charge is 0.231 e. The Morgan fingerprint density at radius 3 is 2.76 bits per heavy atom. The van der Waals surface area contributed by atoms with E-state index in [9.17, 15) is 4.79 Å². The van der Waals surface area contributed by atoms with Crippen LogP contribution in [0.5, 0.6) is 5.75 Å². The first-order chi connectivity index (χ1) is 8.26. The number of hydrogen-bond acceptors (Lipinski definition) is 3. The highest BCUT2D eigenvalue weighted by molar-refractivity contribution is 8.00. The number of thioether (sulfide) groups is 1. The van der Waals surface area contributed by atoms with Gasteiger partial charge in [-0.25, -0.2) is 0 Å². The van der Waals surface area contributed by atoms with Crippen LogP contribution in [-0.2, 0) is 4.79 Å². The van der Waals surface area contributed by atoms with Gasteiger partial charge in [-0.1, -0.05) is 5.92 Å². The fourth-order valence-corrected chi connectivity index (χ4v) is 1.88. The Labute approximate surface area is 106 Å². The third kappa shape index (κ3) is 5.32. The molecule has 0 aliphatic rings.